The van der Waals surface area contributed by atoms with Gasteiger partial charge in [-0.05, 0) is 25.0 Å². The van der Waals surface area contributed by atoms with E-state index in [9.17, 15) is 0 Å². The van der Waals surface area contributed by atoms with Crippen molar-refractivity contribution < 1.29 is 0 Å². The largest absolute Gasteiger partial charge is 0.363 e. The Kier molecular flexibility index (Phi) is 4.27. The number of anilines is 1. The molecule has 1 heterocycles. The van der Waals surface area contributed by atoms with Gasteiger partial charge in [-0.3, -0.25) is 0 Å². The van der Waals surface area contributed by atoms with Crippen LogP contribution >= 0.6 is 0 Å². The third-order valence-corrected chi connectivity index (χ3v) is 3.03. The predicted molar refractivity (Wildman–Crippen MR) is 64.9 cm³/mol. The van der Waals surface area contributed by atoms with Gasteiger partial charge >= 0.3 is 0 Å². The van der Waals surface area contributed by atoms with Crippen LogP contribution in [0.1, 0.15) is 32.3 Å². The Morgan fingerprint density at radius 1 is 1.50 bits per heavy atom. The zero-order chi connectivity index (χ0) is 12.0. The van der Waals surface area contributed by atoms with E-state index < -0.39 is 0 Å². The molecule has 1 aromatic heterocycles. The van der Waals surface area contributed by atoms with Crippen LogP contribution in [-0.4, -0.2) is 17.1 Å². The number of nitriles is 1. The van der Waals surface area contributed by atoms with Gasteiger partial charge in [0.25, 0.3) is 0 Å². The highest BCUT2D eigenvalue weighted by atomic mass is 15.1. The number of pyridine rings is 1. The van der Waals surface area contributed by atoms with Crippen molar-refractivity contribution in [3.05, 3.63) is 23.9 Å². The Morgan fingerprint density at radius 2 is 2.19 bits per heavy atom. The molecule has 4 nitrogen and oxygen atoms in total. The molecule has 0 aliphatic carbocycles. The number of nitrogens with two attached hydrogens (primary N) is 1. The molecule has 1 aromatic rings. The molecular weight excluding hydrogens is 200 g/mol. The average molecular weight is 218 g/mol. The first kappa shape index (κ1) is 12.5. The van der Waals surface area contributed by atoms with Gasteiger partial charge in [-0.1, -0.05) is 13.8 Å². The van der Waals surface area contributed by atoms with Crippen molar-refractivity contribution in [2.75, 3.05) is 11.9 Å². The lowest BCUT2D eigenvalue weighted by molar-refractivity contribution is 0.444. The highest BCUT2D eigenvalue weighted by Gasteiger charge is 2.24. The van der Waals surface area contributed by atoms with Crippen LogP contribution in [0.5, 0.6) is 0 Å². The lowest BCUT2D eigenvalue weighted by Gasteiger charge is -2.32. The molecule has 0 unspecified atom stereocenters. The maximum atomic E-state index is 8.80. The summed E-state index contributed by atoms with van der Waals surface area (Å²) >= 11 is 0. The predicted octanol–water partition coefficient (Wildman–Crippen LogP) is 1.88. The summed E-state index contributed by atoms with van der Waals surface area (Å²) in [5.74, 6) is 0.716. The third-order valence-electron chi connectivity index (χ3n) is 3.03. The molecule has 0 amide bonds. The van der Waals surface area contributed by atoms with Crippen LogP contribution in [0.2, 0.25) is 0 Å². The van der Waals surface area contributed by atoms with Gasteiger partial charge < -0.3 is 11.1 Å². The second kappa shape index (κ2) is 5.47. The zero-order valence-corrected chi connectivity index (χ0v) is 9.83. The highest BCUT2D eigenvalue weighted by Crippen LogP contribution is 2.20. The molecule has 0 spiro atoms. The highest BCUT2D eigenvalue weighted by molar-refractivity contribution is 5.44. The van der Waals surface area contributed by atoms with E-state index in [1.807, 2.05) is 0 Å². The first-order chi connectivity index (χ1) is 7.69. The number of hydrogen-bond acceptors (Lipinski definition) is 4. The van der Waals surface area contributed by atoms with Gasteiger partial charge in [-0.2, -0.15) is 5.26 Å². The van der Waals surface area contributed by atoms with Gasteiger partial charge in [0.2, 0.25) is 0 Å². The number of nitrogens with zero attached hydrogens (tertiary/aromatic N) is 2. The number of nitrogens with one attached hydrogen (secondary N) is 1. The van der Waals surface area contributed by atoms with Gasteiger partial charge in [0.15, 0.2) is 0 Å². The Balaban J connectivity index is 2.90. The molecule has 86 valence electrons. The molecule has 0 aliphatic heterocycles. The third kappa shape index (κ3) is 2.71. The lowest BCUT2D eigenvalue weighted by Crippen LogP contribution is -2.44. The first-order valence-electron chi connectivity index (χ1n) is 5.54. The molecule has 0 saturated heterocycles. The summed E-state index contributed by atoms with van der Waals surface area (Å²) in [6, 6.07) is 5.53. The van der Waals surface area contributed by atoms with Crippen molar-refractivity contribution in [1.29, 1.82) is 5.26 Å². The van der Waals surface area contributed by atoms with Gasteiger partial charge in [0.1, 0.15) is 5.82 Å². The molecule has 3 N–H and O–H groups in total. The van der Waals surface area contributed by atoms with Crippen LogP contribution < -0.4 is 11.1 Å². The second-order valence-corrected chi connectivity index (χ2v) is 3.86. The summed E-state index contributed by atoms with van der Waals surface area (Å²) in [6.07, 6.45) is 3.49. The molecule has 0 bridgehead atoms. The van der Waals surface area contributed by atoms with Gasteiger partial charge in [-0.15, -0.1) is 0 Å². The standard InChI is InChI=1S/C12H18N4/c1-3-12(4-2,9-14)16-11-7-10(8-13)5-6-15-11/h5-7H,3-4,9,14H2,1-2H3,(H,15,16). The molecule has 16 heavy (non-hydrogen) atoms. The summed E-state index contributed by atoms with van der Waals surface area (Å²) in [6.45, 7) is 4.74. The molecule has 0 saturated carbocycles. The van der Waals surface area contributed by atoms with Crippen LogP contribution in [0.3, 0.4) is 0 Å². The second-order valence-electron chi connectivity index (χ2n) is 3.86. The molecule has 0 aliphatic rings. The molecule has 0 atom stereocenters. The molecule has 1 rings (SSSR count). The van der Waals surface area contributed by atoms with Gasteiger partial charge in [0.05, 0.1) is 17.2 Å². The molecule has 0 radical (unpaired) electrons. The van der Waals surface area contributed by atoms with Crippen molar-refractivity contribution in [2.45, 2.75) is 32.2 Å². The number of rotatable bonds is 5. The maximum absolute atomic E-state index is 8.80. The molecule has 0 aromatic carbocycles. The van der Waals surface area contributed by atoms with Crippen molar-refractivity contribution in [3.63, 3.8) is 0 Å². The molecule has 0 fully saturated rings. The minimum Gasteiger partial charge on any atom is -0.363 e. The lowest BCUT2D eigenvalue weighted by atomic mass is 9.93. The van der Waals surface area contributed by atoms with E-state index in [1.54, 1.807) is 18.3 Å². The van der Waals surface area contributed by atoms with Gasteiger partial charge in [-0.25, -0.2) is 4.98 Å². The van der Waals surface area contributed by atoms with E-state index >= 15 is 0 Å². The van der Waals surface area contributed by atoms with Crippen LogP contribution in [0, 0.1) is 11.3 Å². The Labute approximate surface area is 96.5 Å². The van der Waals surface area contributed by atoms with Crippen LogP contribution in [0.25, 0.3) is 0 Å². The maximum Gasteiger partial charge on any atom is 0.127 e. The summed E-state index contributed by atoms with van der Waals surface area (Å²) in [7, 11) is 0. The number of hydrogen-bond donors (Lipinski definition) is 2. The molecular formula is C12H18N4. The molecule has 4 heteroatoms. The van der Waals surface area contributed by atoms with Crippen LogP contribution in [0.15, 0.2) is 18.3 Å². The van der Waals surface area contributed by atoms with Crippen LogP contribution in [-0.2, 0) is 0 Å². The Bertz CT molecular complexity index is 369. The quantitative estimate of drug-likeness (QED) is 0.791. The average Bonchev–Trinajstić information content (AvgIpc) is 2.36. The monoisotopic (exact) mass is 218 g/mol. The van der Waals surface area contributed by atoms with Gasteiger partial charge in [0, 0.05) is 12.7 Å². The Hall–Kier alpha value is -1.60. The summed E-state index contributed by atoms with van der Waals surface area (Å²) in [4.78, 5) is 4.20. The summed E-state index contributed by atoms with van der Waals surface area (Å²) in [5, 5.41) is 12.1. The zero-order valence-electron chi connectivity index (χ0n) is 9.83. The Morgan fingerprint density at radius 3 is 2.69 bits per heavy atom. The minimum atomic E-state index is -0.124. The van der Waals surface area contributed by atoms with E-state index in [4.69, 9.17) is 11.0 Å². The van der Waals surface area contributed by atoms with E-state index in [0.29, 0.717) is 17.9 Å². The first-order valence-corrected chi connectivity index (χ1v) is 5.54. The summed E-state index contributed by atoms with van der Waals surface area (Å²) < 4.78 is 0. The van der Waals surface area contributed by atoms with Crippen LogP contribution in [0.4, 0.5) is 5.82 Å². The van der Waals surface area contributed by atoms with E-state index in [0.717, 1.165) is 12.8 Å². The normalized spacial score (nSPS) is 10.9. The van der Waals surface area contributed by atoms with E-state index in [2.05, 4.69) is 30.2 Å². The SMILES string of the molecule is CCC(CC)(CN)Nc1cc(C#N)ccn1. The minimum absolute atomic E-state index is 0.124. The van der Waals surface area contributed by atoms with E-state index in [1.165, 1.54) is 0 Å². The van der Waals surface area contributed by atoms with Crippen molar-refractivity contribution in [2.24, 2.45) is 5.73 Å². The summed E-state index contributed by atoms with van der Waals surface area (Å²) in [5.41, 5.74) is 6.28. The fourth-order valence-corrected chi connectivity index (χ4v) is 1.61. The van der Waals surface area contributed by atoms with E-state index in [-0.39, 0.29) is 5.54 Å². The smallest absolute Gasteiger partial charge is 0.127 e. The fourth-order valence-electron chi connectivity index (χ4n) is 1.61. The number of aromatic nitrogens is 1. The van der Waals surface area contributed by atoms with Crippen molar-refractivity contribution >= 4 is 5.82 Å². The van der Waals surface area contributed by atoms with Crippen molar-refractivity contribution in [3.8, 4) is 6.07 Å². The fraction of sp³-hybridized carbons (Fsp3) is 0.500. The topological polar surface area (TPSA) is 74.7 Å². The van der Waals surface area contributed by atoms with Crippen molar-refractivity contribution in [1.82, 2.24) is 4.98 Å².